The van der Waals surface area contributed by atoms with Crippen LogP contribution in [0.2, 0.25) is 0 Å². The first-order valence-corrected chi connectivity index (χ1v) is 5.87. The Balaban J connectivity index is 2.29. The maximum absolute atomic E-state index is 11.4. The van der Waals surface area contributed by atoms with Crippen LogP contribution in [0.4, 0.5) is 11.5 Å². The smallest absolute Gasteiger partial charge is 0.240 e. The van der Waals surface area contributed by atoms with Crippen molar-refractivity contribution in [3.8, 4) is 0 Å². The van der Waals surface area contributed by atoms with E-state index in [-0.39, 0.29) is 11.9 Å². The van der Waals surface area contributed by atoms with Gasteiger partial charge in [0.2, 0.25) is 5.91 Å². The van der Waals surface area contributed by atoms with Gasteiger partial charge in [0.25, 0.3) is 0 Å². The average molecular weight is 234 g/mol. The first-order valence-electron chi connectivity index (χ1n) is 5.87. The summed E-state index contributed by atoms with van der Waals surface area (Å²) in [5.41, 5.74) is 12.8. The van der Waals surface area contributed by atoms with Crippen molar-refractivity contribution in [3.05, 3.63) is 17.8 Å². The van der Waals surface area contributed by atoms with Crippen molar-refractivity contribution in [1.82, 2.24) is 4.98 Å². The molecule has 17 heavy (non-hydrogen) atoms. The second-order valence-corrected chi connectivity index (χ2v) is 4.51. The van der Waals surface area contributed by atoms with Crippen LogP contribution < -0.4 is 16.4 Å². The van der Waals surface area contributed by atoms with Crippen molar-refractivity contribution in [1.29, 1.82) is 0 Å². The van der Waals surface area contributed by atoms with Gasteiger partial charge in [0, 0.05) is 6.54 Å². The highest BCUT2D eigenvalue weighted by Gasteiger charge is 2.27. The SMILES string of the molecule is Cc1cc(N2CCCCC2C(N)=O)ncc1N. The number of rotatable bonds is 2. The topological polar surface area (TPSA) is 85.2 Å². The molecule has 5 nitrogen and oxygen atoms in total. The monoisotopic (exact) mass is 234 g/mol. The van der Waals surface area contributed by atoms with Gasteiger partial charge in [-0.15, -0.1) is 0 Å². The molecule has 1 aromatic heterocycles. The molecule has 1 fully saturated rings. The number of hydrogen-bond donors (Lipinski definition) is 2. The molecule has 2 heterocycles. The number of carbonyl (C=O) groups is 1. The molecule has 0 saturated carbocycles. The van der Waals surface area contributed by atoms with Gasteiger partial charge in [-0.3, -0.25) is 4.79 Å². The lowest BCUT2D eigenvalue weighted by atomic mass is 10.0. The number of carbonyl (C=O) groups excluding carboxylic acids is 1. The third-order valence-electron chi connectivity index (χ3n) is 3.26. The van der Waals surface area contributed by atoms with E-state index in [2.05, 4.69) is 4.98 Å². The lowest BCUT2D eigenvalue weighted by Crippen LogP contribution is -2.48. The third kappa shape index (κ3) is 2.33. The molecule has 0 radical (unpaired) electrons. The van der Waals surface area contributed by atoms with Crippen LogP contribution in [0.1, 0.15) is 24.8 Å². The van der Waals surface area contributed by atoms with Crippen LogP contribution in [0.25, 0.3) is 0 Å². The predicted molar refractivity (Wildman–Crippen MR) is 67.6 cm³/mol. The molecule has 1 aliphatic rings. The van der Waals surface area contributed by atoms with Gasteiger partial charge >= 0.3 is 0 Å². The third-order valence-corrected chi connectivity index (χ3v) is 3.26. The zero-order chi connectivity index (χ0) is 12.4. The summed E-state index contributed by atoms with van der Waals surface area (Å²) in [6.07, 6.45) is 4.55. The van der Waals surface area contributed by atoms with Crippen molar-refractivity contribution in [3.63, 3.8) is 0 Å². The van der Waals surface area contributed by atoms with Gasteiger partial charge in [0.1, 0.15) is 11.9 Å². The highest BCUT2D eigenvalue weighted by atomic mass is 16.1. The summed E-state index contributed by atoms with van der Waals surface area (Å²) in [5, 5.41) is 0. The normalized spacial score (nSPS) is 20.3. The Hall–Kier alpha value is -1.78. The Kier molecular flexibility index (Phi) is 3.17. The van der Waals surface area contributed by atoms with Crippen LogP contribution in [-0.2, 0) is 4.79 Å². The lowest BCUT2D eigenvalue weighted by Gasteiger charge is -2.34. The molecule has 1 saturated heterocycles. The summed E-state index contributed by atoms with van der Waals surface area (Å²) in [6, 6.07) is 1.68. The van der Waals surface area contributed by atoms with Gasteiger partial charge in [0.05, 0.1) is 11.9 Å². The Morgan fingerprint density at radius 1 is 1.53 bits per heavy atom. The fourth-order valence-electron chi connectivity index (χ4n) is 2.21. The van der Waals surface area contributed by atoms with Crippen molar-refractivity contribution in [2.24, 2.45) is 5.73 Å². The molecule has 1 atom stereocenters. The number of aromatic nitrogens is 1. The number of anilines is 2. The molecule has 0 bridgehead atoms. The number of primary amides is 1. The van der Waals surface area contributed by atoms with Gasteiger partial charge in [-0.25, -0.2) is 4.98 Å². The fraction of sp³-hybridized carbons (Fsp3) is 0.500. The molecule has 92 valence electrons. The molecule has 0 spiro atoms. The predicted octanol–water partition coefficient (Wildman–Crippen LogP) is 0.816. The van der Waals surface area contributed by atoms with Crippen molar-refractivity contribution < 1.29 is 4.79 Å². The van der Waals surface area contributed by atoms with E-state index >= 15 is 0 Å². The van der Waals surface area contributed by atoms with Gasteiger partial charge in [0.15, 0.2) is 0 Å². The van der Waals surface area contributed by atoms with E-state index in [1.54, 1.807) is 6.20 Å². The van der Waals surface area contributed by atoms with E-state index in [0.29, 0.717) is 5.69 Å². The lowest BCUT2D eigenvalue weighted by molar-refractivity contribution is -0.119. The molecule has 0 aliphatic carbocycles. The van der Waals surface area contributed by atoms with Gasteiger partial charge in [-0.2, -0.15) is 0 Å². The molecule has 5 heteroatoms. The van der Waals surface area contributed by atoms with E-state index in [4.69, 9.17) is 11.5 Å². The minimum Gasteiger partial charge on any atom is -0.397 e. The summed E-state index contributed by atoms with van der Waals surface area (Å²) in [5.74, 6) is 0.515. The van der Waals surface area contributed by atoms with E-state index in [9.17, 15) is 4.79 Å². The Morgan fingerprint density at radius 2 is 2.29 bits per heavy atom. The van der Waals surface area contributed by atoms with E-state index < -0.39 is 0 Å². The molecule has 1 unspecified atom stereocenters. The molecule has 1 aromatic rings. The van der Waals surface area contributed by atoms with Crippen molar-refractivity contribution in [2.75, 3.05) is 17.2 Å². The van der Waals surface area contributed by atoms with Gasteiger partial charge in [-0.05, 0) is 37.8 Å². The van der Waals surface area contributed by atoms with Crippen LogP contribution in [-0.4, -0.2) is 23.5 Å². The molecule has 1 amide bonds. The van der Waals surface area contributed by atoms with Crippen LogP contribution in [0.15, 0.2) is 12.3 Å². The number of nitrogens with zero attached hydrogens (tertiary/aromatic N) is 2. The van der Waals surface area contributed by atoms with Crippen molar-refractivity contribution >= 4 is 17.4 Å². The number of pyridine rings is 1. The van der Waals surface area contributed by atoms with Crippen LogP contribution in [0.3, 0.4) is 0 Å². The number of amides is 1. The second kappa shape index (κ2) is 4.61. The molecular weight excluding hydrogens is 216 g/mol. The number of nitrogens with two attached hydrogens (primary N) is 2. The van der Waals surface area contributed by atoms with Crippen LogP contribution in [0, 0.1) is 6.92 Å². The first-order chi connectivity index (χ1) is 8.09. The highest BCUT2D eigenvalue weighted by molar-refractivity contribution is 5.83. The van der Waals surface area contributed by atoms with Gasteiger partial charge < -0.3 is 16.4 Å². The molecule has 0 aromatic carbocycles. The van der Waals surface area contributed by atoms with Crippen molar-refractivity contribution in [2.45, 2.75) is 32.2 Å². The quantitative estimate of drug-likeness (QED) is 0.793. The Labute approximate surface area is 101 Å². The molecule has 2 rings (SSSR count). The summed E-state index contributed by atoms with van der Waals surface area (Å²) in [6.45, 7) is 2.76. The standard InChI is InChI=1S/C12H18N4O/c1-8-6-11(15-7-9(8)13)16-5-3-2-4-10(16)12(14)17/h6-7,10H,2-5,13H2,1H3,(H2,14,17). The maximum atomic E-state index is 11.4. The van der Waals surface area contributed by atoms with Crippen LogP contribution >= 0.6 is 0 Å². The molecule has 4 N–H and O–H groups in total. The first kappa shape index (κ1) is 11.7. The van der Waals surface area contributed by atoms with Gasteiger partial charge in [-0.1, -0.05) is 0 Å². The number of piperidine rings is 1. The Bertz CT molecular complexity index is 433. The Morgan fingerprint density at radius 3 is 2.94 bits per heavy atom. The summed E-state index contributed by atoms with van der Waals surface area (Å²) in [7, 11) is 0. The summed E-state index contributed by atoms with van der Waals surface area (Å²) >= 11 is 0. The largest absolute Gasteiger partial charge is 0.397 e. The number of nitrogen functional groups attached to an aromatic ring is 1. The summed E-state index contributed by atoms with van der Waals surface area (Å²) < 4.78 is 0. The minimum absolute atomic E-state index is 0.237. The zero-order valence-electron chi connectivity index (χ0n) is 10.0. The average Bonchev–Trinajstić information content (AvgIpc) is 2.32. The molecule has 1 aliphatic heterocycles. The van der Waals surface area contributed by atoms with E-state index in [0.717, 1.165) is 37.2 Å². The maximum Gasteiger partial charge on any atom is 0.240 e. The second-order valence-electron chi connectivity index (χ2n) is 4.51. The van der Waals surface area contributed by atoms with Crippen LogP contribution in [0.5, 0.6) is 0 Å². The fourth-order valence-corrected chi connectivity index (χ4v) is 2.21. The highest BCUT2D eigenvalue weighted by Crippen LogP contribution is 2.24. The number of hydrogen-bond acceptors (Lipinski definition) is 4. The number of aryl methyl sites for hydroxylation is 1. The molecular formula is C12H18N4O. The zero-order valence-corrected chi connectivity index (χ0v) is 10.0. The summed E-state index contributed by atoms with van der Waals surface area (Å²) in [4.78, 5) is 17.7. The van der Waals surface area contributed by atoms with E-state index in [1.165, 1.54) is 0 Å². The van der Waals surface area contributed by atoms with E-state index in [1.807, 2.05) is 17.9 Å². The minimum atomic E-state index is -0.277.